The molecule has 0 saturated heterocycles. The normalized spacial score (nSPS) is 14.2. The summed E-state index contributed by atoms with van der Waals surface area (Å²) in [4.78, 5) is 11.7. The SMILES string of the molecule is O=C(NCC(F)(F)F)c1ccc(S(=O)(=O)Nc2ccccc2-c2nnc3n2CCCCC3)cc1. The van der Waals surface area contributed by atoms with E-state index in [2.05, 4.69) is 14.9 Å². The molecule has 0 unspecified atom stereocenters. The van der Waals surface area contributed by atoms with Gasteiger partial charge in [-0.05, 0) is 49.2 Å². The number of rotatable bonds is 6. The number of carbonyl (C=O) groups excluding carboxylic acids is 1. The van der Waals surface area contributed by atoms with Gasteiger partial charge in [0.15, 0.2) is 5.82 Å². The maximum atomic E-state index is 13.0. The fourth-order valence-corrected chi connectivity index (χ4v) is 4.80. The molecule has 2 heterocycles. The fraction of sp³-hybridized carbons (Fsp3) is 0.318. The standard InChI is InChI=1S/C22H22F3N5O3S/c23-22(24,25)14-26-21(31)15-9-11-16(12-10-15)34(32,33)29-18-7-4-3-6-17(18)20-28-27-19-8-2-1-5-13-30(19)20/h3-4,6-7,9-12,29H,1-2,5,8,13-14H2,(H,26,31). The van der Waals surface area contributed by atoms with E-state index < -0.39 is 28.7 Å². The molecule has 0 fully saturated rings. The summed E-state index contributed by atoms with van der Waals surface area (Å²) < 4.78 is 67.4. The van der Waals surface area contributed by atoms with Gasteiger partial charge in [-0.25, -0.2) is 8.42 Å². The van der Waals surface area contributed by atoms with Crippen LogP contribution >= 0.6 is 0 Å². The molecule has 1 aliphatic rings. The van der Waals surface area contributed by atoms with E-state index in [9.17, 15) is 26.4 Å². The van der Waals surface area contributed by atoms with Gasteiger partial charge < -0.3 is 9.88 Å². The molecule has 2 aromatic carbocycles. The Labute approximate surface area is 194 Å². The number of anilines is 1. The van der Waals surface area contributed by atoms with Gasteiger partial charge in [-0.1, -0.05) is 18.6 Å². The lowest BCUT2D eigenvalue weighted by Crippen LogP contribution is -2.33. The summed E-state index contributed by atoms with van der Waals surface area (Å²) in [6.07, 6.45) is -0.643. The molecular formula is C22H22F3N5O3S. The third-order valence-electron chi connectivity index (χ3n) is 5.40. The van der Waals surface area contributed by atoms with E-state index in [0.29, 0.717) is 17.1 Å². The molecule has 0 spiro atoms. The maximum Gasteiger partial charge on any atom is 0.405 e. The number of fused-ring (bicyclic) bond motifs is 1. The van der Waals surface area contributed by atoms with Crippen molar-refractivity contribution in [2.75, 3.05) is 11.3 Å². The van der Waals surface area contributed by atoms with Crippen molar-refractivity contribution in [3.8, 4) is 11.4 Å². The number of benzene rings is 2. The molecular weight excluding hydrogens is 471 g/mol. The van der Waals surface area contributed by atoms with Gasteiger partial charge in [0.25, 0.3) is 15.9 Å². The van der Waals surface area contributed by atoms with E-state index in [0.717, 1.165) is 62.3 Å². The third kappa shape index (κ3) is 5.38. The minimum absolute atomic E-state index is 0.0882. The fourth-order valence-electron chi connectivity index (χ4n) is 3.72. The number of aromatic nitrogens is 3. The van der Waals surface area contributed by atoms with Crippen LogP contribution in [-0.4, -0.2) is 41.8 Å². The number of hydrogen-bond acceptors (Lipinski definition) is 5. The van der Waals surface area contributed by atoms with Gasteiger partial charge in [0, 0.05) is 24.1 Å². The number of halogens is 3. The number of para-hydroxylation sites is 1. The molecule has 1 aromatic heterocycles. The second kappa shape index (κ2) is 9.45. The van der Waals surface area contributed by atoms with E-state index in [-0.39, 0.29) is 10.5 Å². The molecule has 3 aromatic rings. The Morgan fingerprint density at radius 1 is 1.00 bits per heavy atom. The first kappa shape index (κ1) is 23.7. The summed E-state index contributed by atoms with van der Waals surface area (Å²) >= 11 is 0. The Morgan fingerprint density at radius 2 is 1.74 bits per heavy atom. The van der Waals surface area contributed by atoms with Crippen LogP contribution in [0.15, 0.2) is 53.4 Å². The van der Waals surface area contributed by atoms with Crippen LogP contribution in [0.4, 0.5) is 18.9 Å². The van der Waals surface area contributed by atoms with Crippen LogP contribution in [0.25, 0.3) is 11.4 Å². The summed E-state index contributed by atoms with van der Waals surface area (Å²) in [6.45, 7) is -0.729. The van der Waals surface area contributed by atoms with Crippen molar-refractivity contribution in [3.05, 3.63) is 59.9 Å². The first-order valence-corrected chi connectivity index (χ1v) is 12.1. The predicted molar refractivity (Wildman–Crippen MR) is 119 cm³/mol. The summed E-state index contributed by atoms with van der Waals surface area (Å²) in [5.74, 6) is 0.489. The quantitative estimate of drug-likeness (QED) is 0.544. The highest BCUT2D eigenvalue weighted by atomic mass is 32.2. The number of nitrogens with zero attached hydrogens (tertiary/aromatic N) is 3. The zero-order chi connectivity index (χ0) is 24.3. The number of hydrogen-bond donors (Lipinski definition) is 2. The van der Waals surface area contributed by atoms with Gasteiger partial charge in [0.2, 0.25) is 0 Å². The van der Waals surface area contributed by atoms with Gasteiger partial charge >= 0.3 is 6.18 Å². The van der Waals surface area contributed by atoms with E-state index in [1.54, 1.807) is 29.6 Å². The lowest BCUT2D eigenvalue weighted by molar-refractivity contribution is -0.123. The monoisotopic (exact) mass is 493 g/mol. The number of nitrogens with one attached hydrogen (secondary N) is 2. The molecule has 12 heteroatoms. The lowest BCUT2D eigenvalue weighted by Gasteiger charge is -2.14. The number of sulfonamides is 1. The second-order valence-electron chi connectivity index (χ2n) is 7.88. The zero-order valence-electron chi connectivity index (χ0n) is 18.0. The maximum absolute atomic E-state index is 13.0. The molecule has 1 amide bonds. The Hall–Kier alpha value is -3.41. The zero-order valence-corrected chi connectivity index (χ0v) is 18.8. The van der Waals surface area contributed by atoms with Crippen LogP contribution in [-0.2, 0) is 23.0 Å². The van der Waals surface area contributed by atoms with Gasteiger partial charge in [0.05, 0.1) is 10.6 Å². The van der Waals surface area contributed by atoms with Crippen molar-refractivity contribution in [1.82, 2.24) is 20.1 Å². The average molecular weight is 494 g/mol. The lowest BCUT2D eigenvalue weighted by atomic mass is 10.1. The minimum Gasteiger partial charge on any atom is -0.343 e. The highest BCUT2D eigenvalue weighted by molar-refractivity contribution is 7.92. The number of carbonyl (C=O) groups is 1. The second-order valence-corrected chi connectivity index (χ2v) is 9.56. The van der Waals surface area contributed by atoms with Crippen LogP contribution < -0.4 is 10.0 Å². The molecule has 0 radical (unpaired) electrons. The smallest absolute Gasteiger partial charge is 0.343 e. The highest BCUT2D eigenvalue weighted by Gasteiger charge is 2.28. The summed E-state index contributed by atoms with van der Waals surface area (Å²) in [7, 11) is -4.05. The molecule has 0 saturated carbocycles. The summed E-state index contributed by atoms with van der Waals surface area (Å²) in [6, 6.07) is 11.5. The number of amides is 1. The summed E-state index contributed by atoms with van der Waals surface area (Å²) in [5.41, 5.74) is 0.804. The molecule has 8 nitrogen and oxygen atoms in total. The first-order chi connectivity index (χ1) is 16.1. The molecule has 2 N–H and O–H groups in total. The van der Waals surface area contributed by atoms with E-state index in [1.807, 2.05) is 4.57 Å². The topological polar surface area (TPSA) is 106 Å². The average Bonchev–Trinajstić information content (AvgIpc) is 3.04. The molecule has 0 aliphatic carbocycles. The molecule has 34 heavy (non-hydrogen) atoms. The minimum atomic E-state index is -4.54. The molecule has 0 bridgehead atoms. The summed E-state index contributed by atoms with van der Waals surface area (Å²) in [5, 5.41) is 10.3. The van der Waals surface area contributed by atoms with Crippen LogP contribution in [0.5, 0.6) is 0 Å². The van der Waals surface area contributed by atoms with Crippen LogP contribution in [0.3, 0.4) is 0 Å². The number of aryl methyl sites for hydroxylation is 1. The van der Waals surface area contributed by atoms with Crippen LogP contribution in [0.2, 0.25) is 0 Å². The van der Waals surface area contributed by atoms with Crippen LogP contribution in [0, 0.1) is 0 Å². The van der Waals surface area contributed by atoms with Crippen molar-refractivity contribution >= 4 is 21.6 Å². The van der Waals surface area contributed by atoms with Gasteiger partial charge in [-0.3, -0.25) is 9.52 Å². The Kier molecular flexibility index (Phi) is 6.60. The molecule has 1 aliphatic heterocycles. The van der Waals surface area contributed by atoms with Crippen molar-refractivity contribution in [1.29, 1.82) is 0 Å². The van der Waals surface area contributed by atoms with Gasteiger partial charge in [0.1, 0.15) is 12.4 Å². The van der Waals surface area contributed by atoms with Crippen LogP contribution in [0.1, 0.15) is 35.4 Å². The van der Waals surface area contributed by atoms with Crippen molar-refractivity contribution < 1.29 is 26.4 Å². The largest absolute Gasteiger partial charge is 0.405 e. The predicted octanol–water partition coefficient (Wildman–Crippen LogP) is 3.76. The van der Waals surface area contributed by atoms with Crippen molar-refractivity contribution in [3.63, 3.8) is 0 Å². The Morgan fingerprint density at radius 3 is 2.47 bits per heavy atom. The number of alkyl halides is 3. The van der Waals surface area contributed by atoms with E-state index >= 15 is 0 Å². The van der Waals surface area contributed by atoms with Crippen molar-refractivity contribution in [2.24, 2.45) is 0 Å². The van der Waals surface area contributed by atoms with E-state index in [4.69, 9.17) is 0 Å². The molecule has 4 rings (SSSR count). The van der Waals surface area contributed by atoms with Crippen molar-refractivity contribution in [2.45, 2.75) is 43.3 Å². The highest BCUT2D eigenvalue weighted by Crippen LogP contribution is 2.30. The first-order valence-electron chi connectivity index (χ1n) is 10.6. The third-order valence-corrected chi connectivity index (χ3v) is 6.78. The Bertz CT molecular complexity index is 1290. The van der Waals surface area contributed by atoms with Gasteiger partial charge in [-0.15, -0.1) is 10.2 Å². The molecule has 0 atom stereocenters. The van der Waals surface area contributed by atoms with Gasteiger partial charge in [-0.2, -0.15) is 13.2 Å². The van der Waals surface area contributed by atoms with E-state index in [1.165, 1.54) is 0 Å². The Balaban J connectivity index is 1.56. The molecule has 180 valence electrons.